The van der Waals surface area contributed by atoms with E-state index < -0.39 is 0 Å². The van der Waals surface area contributed by atoms with Crippen LogP contribution in [0, 0.1) is 12.7 Å². The first-order valence-corrected chi connectivity index (χ1v) is 10.7. The van der Waals surface area contributed by atoms with Crippen LogP contribution < -0.4 is 5.32 Å². The van der Waals surface area contributed by atoms with E-state index in [1.54, 1.807) is 42.5 Å². The van der Waals surface area contributed by atoms with E-state index in [4.69, 9.17) is 0 Å². The molecule has 0 fully saturated rings. The van der Waals surface area contributed by atoms with Crippen molar-refractivity contribution in [3.8, 4) is 0 Å². The van der Waals surface area contributed by atoms with Gasteiger partial charge in [0.15, 0.2) is 5.13 Å². The van der Waals surface area contributed by atoms with Gasteiger partial charge in [0.25, 0.3) is 11.8 Å². The highest BCUT2D eigenvalue weighted by molar-refractivity contribution is 7.15. The summed E-state index contributed by atoms with van der Waals surface area (Å²) in [6.07, 6.45) is 0.907. The predicted octanol–water partition coefficient (Wildman–Crippen LogP) is 4.20. The van der Waals surface area contributed by atoms with E-state index in [0.717, 1.165) is 10.6 Å². The summed E-state index contributed by atoms with van der Waals surface area (Å²) >= 11 is 1.31. The third-order valence-electron chi connectivity index (χ3n) is 5.11. The summed E-state index contributed by atoms with van der Waals surface area (Å²) in [5, 5.41) is 3.21. The molecule has 0 aliphatic carbocycles. The number of aryl methyl sites for hydroxylation is 1. The lowest BCUT2D eigenvalue weighted by Crippen LogP contribution is -2.31. The normalized spacial score (nSPS) is 12.9. The molecule has 0 unspecified atom stereocenters. The van der Waals surface area contributed by atoms with Gasteiger partial charge in [0.05, 0.1) is 16.8 Å². The molecule has 8 heteroatoms. The lowest BCUT2D eigenvalue weighted by atomic mass is 10.1. The number of halogens is 1. The molecule has 6 nitrogen and oxygen atoms in total. The SMILES string of the molecule is Cc1nc(NC(=O)CCCN2C(=O)c3ccccc3C2=O)sc1Cc1ccccc1F. The number of carbonyl (C=O) groups excluding carboxylic acids is 3. The van der Waals surface area contributed by atoms with Crippen LogP contribution in [0.4, 0.5) is 9.52 Å². The van der Waals surface area contributed by atoms with Crippen LogP contribution in [0.3, 0.4) is 0 Å². The summed E-state index contributed by atoms with van der Waals surface area (Å²) in [6, 6.07) is 13.3. The maximum atomic E-state index is 13.9. The van der Waals surface area contributed by atoms with Gasteiger partial charge < -0.3 is 5.32 Å². The molecule has 1 N–H and O–H groups in total. The Hall–Kier alpha value is -3.39. The van der Waals surface area contributed by atoms with E-state index in [-0.39, 0.29) is 36.5 Å². The van der Waals surface area contributed by atoms with Crippen molar-refractivity contribution in [2.45, 2.75) is 26.2 Å². The van der Waals surface area contributed by atoms with Gasteiger partial charge in [-0.05, 0) is 37.1 Å². The molecular weight excluding hydrogens is 417 g/mol. The highest BCUT2D eigenvalue weighted by atomic mass is 32.1. The third-order valence-corrected chi connectivity index (χ3v) is 6.18. The predicted molar refractivity (Wildman–Crippen MR) is 116 cm³/mol. The van der Waals surface area contributed by atoms with Crippen LogP contribution in [0.25, 0.3) is 0 Å². The molecule has 4 rings (SSSR count). The van der Waals surface area contributed by atoms with Crippen LogP contribution in [-0.2, 0) is 11.2 Å². The number of imide groups is 1. The van der Waals surface area contributed by atoms with Crippen LogP contribution in [0.1, 0.15) is 49.7 Å². The Morgan fingerprint density at radius 3 is 2.39 bits per heavy atom. The molecule has 0 bridgehead atoms. The lowest BCUT2D eigenvalue weighted by molar-refractivity contribution is -0.116. The number of fused-ring (bicyclic) bond motifs is 1. The molecule has 0 spiro atoms. The fourth-order valence-corrected chi connectivity index (χ4v) is 4.48. The molecule has 1 aliphatic heterocycles. The van der Waals surface area contributed by atoms with Gasteiger partial charge in [-0.25, -0.2) is 9.37 Å². The smallest absolute Gasteiger partial charge is 0.261 e. The molecule has 1 aromatic heterocycles. The Morgan fingerprint density at radius 1 is 1.06 bits per heavy atom. The molecule has 0 saturated carbocycles. The number of anilines is 1. The van der Waals surface area contributed by atoms with E-state index in [1.165, 1.54) is 22.3 Å². The second-order valence-corrected chi connectivity index (χ2v) is 8.34. The van der Waals surface area contributed by atoms with Gasteiger partial charge in [-0.2, -0.15) is 0 Å². The van der Waals surface area contributed by atoms with E-state index in [9.17, 15) is 18.8 Å². The molecule has 2 aromatic carbocycles. The van der Waals surface area contributed by atoms with Crippen LogP contribution in [0.2, 0.25) is 0 Å². The Balaban J connectivity index is 1.30. The van der Waals surface area contributed by atoms with Crippen molar-refractivity contribution in [1.82, 2.24) is 9.88 Å². The van der Waals surface area contributed by atoms with Crippen molar-refractivity contribution < 1.29 is 18.8 Å². The highest BCUT2D eigenvalue weighted by Crippen LogP contribution is 2.26. The number of nitrogens with zero attached hydrogens (tertiary/aromatic N) is 2. The Bertz CT molecular complexity index is 1140. The minimum absolute atomic E-state index is 0.147. The monoisotopic (exact) mass is 437 g/mol. The zero-order valence-electron chi connectivity index (χ0n) is 16.9. The number of amides is 3. The summed E-state index contributed by atoms with van der Waals surface area (Å²) < 4.78 is 13.9. The van der Waals surface area contributed by atoms with Crippen LogP contribution in [0.5, 0.6) is 0 Å². The second kappa shape index (κ2) is 8.77. The van der Waals surface area contributed by atoms with Crippen molar-refractivity contribution in [3.05, 3.63) is 81.6 Å². The van der Waals surface area contributed by atoms with Gasteiger partial charge >= 0.3 is 0 Å². The number of benzene rings is 2. The lowest BCUT2D eigenvalue weighted by Gasteiger charge is -2.13. The largest absolute Gasteiger partial charge is 0.302 e. The van der Waals surface area contributed by atoms with Gasteiger partial charge in [0.2, 0.25) is 5.91 Å². The number of thiazole rings is 1. The second-order valence-electron chi connectivity index (χ2n) is 7.26. The van der Waals surface area contributed by atoms with Crippen LogP contribution in [-0.4, -0.2) is 34.2 Å². The summed E-state index contributed by atoms with van der Waals surface area (Å²) in [4.78, 5) is 43.4. The van der Waals surface area contributed by atoms with E-state index in [0.29, 0.717) is 34.7 Å². The fraction of sp³-hybridized carbons (Fsp3) is 0.217. The molecule has 31 heavy (non-hydrogen) atoms. The molecule has 3 aromatic rings. The Kier molecular flexibility index (Phi) is 5.90. The van der Waals surface area contributed by atoms with Crippen molar-refractivity contribution in [2.24, 2.45) is 0 Å². The van der Waals surface area contributed by atoms with Gasteiger partial charge in [-0.1, -0.05) is 30.3 Å². The maximum Gasteiger partial charge on any atom is 0.261 e. The van der Waals surface area contributed by atoms with Gasteiger partial charge in [0.1, 0.15) is 5.82 Å². The molecule has 1 aliphatic rings. The van der Waals surface area contributed by atoms with E-state index in [2.05, 4.69) is 10.3 Å². The minimum atomic E-state index is -0.325. The molecular formula is C23H20FN3O3S. The average Bonchev–Trinajstić information content (AvgIpc) is 3.21. The first-order valence-electron chi connectivity index (χ1n) is 9.89. The van der Waals surface area contributed by atoms with Crippen molar-refractivity contribution in [1.29, 1.82) is 0 Å². The van der Waals surface area contributed by atoms with Crippen LogP contribution >= 0.6 is 11.3 Å². The summed E-state index contributed by atoms with van der Waals surface area (Å²) in [5.74, 6) is -1.17. The molecule has 0 atom stereocenters. The van der Waals surface area contributed by atoms with Gasteiger partial charge in [0, 0.05) is 24.3 Å². The maximum absolute atomic E-state index is 13.9. The minimum Gasteiger partial charge on any atom is -0.302 e. The molecule has 158 valence electrons. The standard InChI is InChI=1S/C23H20FN3O3S/c1-14-19(13-15-7-2-5-10-18(15)24)31-23(25-14)26-20(28)11-6-12-27-21(29)16-8-3-4-9-17(16)22(27)30/h2-5,7-10H,6,11-13H2,1H3,(H,25,26,28). The number of aromatic nitrogens is 1. The Morgan fingerprint density at radius 2 is 1.71 bits per heavy atom. The third kappa shape index (κ3) is 4.39. The molecule has 3 amide bonds. The fourth-order valence-electron chi connectivity index (χ4n) is 3.48. The number of hydrogen-bond acceptors (Lipinski definition) is 5. The molecule has 0 saturated heterocycles. The summed E-state index contributed by atoms with van der Waals surface area (Å²) in [5.41, 5.74) is 2.12. The summed E-state index contributed by atoms with van der Waals surface area (Å²) in [6.45, 7) is 2.00. The van der Waals surface area contributed by atoms with Gasteiger partial charge in [-0.3, -0.25) is 19.3 Å². The van der Waals surface area contributed by atoms with E-state index in [1.807, 2.05) is 6.92 Å². The quantitative estimate of drug-likeness (QED) is 0.562. The van der Waals surface area contributed by atoms with Crippen molar-refractivity contribution >= 4 is 34.2 Å². The number of rotatable bonds is 7. The molecule has 0 radical (unpaired) electrons. The molecule has 2 heterocycles. The first-order chi connectivity index (χ1) is 14.9. The zero-order chi connectivity index (χ0) is 22.0. The highest BCUT2D eigenvalue weighted by Gasteiger charge is 2.34. The van der Waals surface area contributed by atoms with Crippen molar-refractivity contribution in [3.63, 3.8) is 0 Å². The first kappa shape index (κ1) is 20.9. The summed E-state index contributed by atoms with van der Waals surface area (Å²) in [7, 11) is 0. The van der Waals surface area contributed by atoms with Crippen LogP contribution in [0.15, 0.2) is 48.5 Å². The Labute approximate surface area is 182 Å². The number of nitrogens with one attached hydrogen (secondary N) is 1. The zero-order valence-corrected chi connectivity index (χ0v) is 17.7. The average molecular weight is 437 g/mol. The van der Waals surface area contributed by atoms with Crippen molar-refractivity contribution in [2.75, 3.05) is 11.9 Å². The number of carbonyl (C=O) groups is 3. The number of hydrogen-bond donors (Lipinski definition) is 1. The van der Waals surface area contributed by atoms with E-state index >= 15 is 0 Å². The van der Waals surface area contributed by atoms with Gasteiger partial charge in [-0.15, -0.1) is 11.3 Å². The topological polar surface area (TPSA) is 79.4 Å².